The van der Waals surface area contributed by atoms with E-state index in [0.29, 0.717) is 0 Å². The Balaban J connectivity index is 0.000000118. The first-order chi connectivity index (χ1) is 66.6. The Labute approximate surface area is 788 Å². The lowest BCUT2D eigenvalue weighted by Gasteiger charge is -2.28. The minimum Gasteiger partial charge on any atom is -0.345 e. The van der Waals surface area contributed by atoms with Gasteiger partial charge in [-0.05, 0) is 296 Å². The highest BCUT2D eigenvalue weighted by atomic mass is 15.2. The molecule has 135 heavy (non-hydrogen) atoms. The van der Waals surface area contributed by atoms with Crippen LogP contribution in [0, 0.1) is 0 Å². The molecule has 0 aliphatic carbocycles. The molecule has 0 heterocycles. The van der Waals surface area contributed by atoms with Gasteiger partial charge >= 0.3 is 0 Å². The Kier molecular flexibility index (Phi) is 22.8. The van der Waals surface area contributed by atoms with Crippen LogP contribution >= 0.6 is 0 Å². The van der Waals surface area contributed by atoms with Crippen LogP contribution in [0.1, 0.15) is 0 Å². The van der Waals surface area contributed by atoms with Gasteiger partial charge in [0.1, 0.15) is 0 Å². The first-order valence-electron chi connectivity index (χ1n) is 46.2. The topological polar surface area (TPSA) is 19.4 Å². The van der Waals surface area contributed by atoms with Gasteiger partial charge in [-0.15, -0.1) is 0 Å². The van der Waals surface area contributed by atoms with Gasteiger partial charge in [-0.1, -0.05) is 346 Å². The van der Waals surface area contributed by atoms with Crippen molar-refractivity contribution in [2.24, 2.45) is 0 Å². The number of anilines is 15. The summed E-state index contributed by atoms with van der Waals surface area (Å²) < 4.78 is 0. The molecule has 0 amide bonds. The van der Waals surface area contributed by atoms with Crippen molar-refractivity contribution in [3.05, 3.63) is 528 Å². The van der Waals surface area contributed by atoms with Gasteiger partial charge in [0.2, 0.25) is 0 Å². The smallest absolute Gasteiger partial charge is 0.0567 e. The van der Waals surface area contributed by atoms with E-state index in [4.69, 9.17) is 0 Å². The molecule has 0 saturated carbocycles. The molecule has 0 saturated heterocycles. The molecular weight excluding hydrogens is 1630 g/mol. The SMILES string of the molecule is CN(c1ccc(N(c2cccc(-c3ccccc3)c2)c2ccc3ccccc3c2)cc1)c1c2ccccc2cc2ccccc12.CN(c1ccc(N(c2cccc(-c3ccccc3)c2)c2ccc3ccccc3c2)cc1)c1cc2ccccc2c2ccccc12.CN(c1ccc(N(c2cccc(-c3ccccc3)c2)c2ccc3ccccc3c2)cc1)c1ccc2cc3ccccc3cc2c1. The molecule has 24 aromatic carbocycles. The molecule has 0 N–H and O–H groups in total. The van der Waals surface area contributed by atoms with Gasteiger partial charge in [0, 0.05) is 117 Å². The van der Waals surface area contributed by atoms with Crippen LogP contribution in [-0.2, 0) is 0 Å². The second-order valence-electron chi connectivity index (χ2n) is 34.6. The van der Waals surface area contributed by atoms with Gasteiger partial charge in [0.15, 0.2) is 0 Å². The van der Waals surface area contributed by atoms with E-state index >= 15 is 0 Å². The molecule has 0 radical (unpaired) electrons. The van der Waals surface area contributed by atoms with Crippen LogP contribution in [0.4, 0.5) is 85.3 Å². The highest BCUT2D eigenvalue weighted by molar-refractivity contribution is 6.15. The zero-order chi connectivity index (χ0) is 90.5. The number of benzene rings is 24. The van der Waals surface area contributed by atoms with E-state index in [1.165, 1.54) is 142 Å². The number of nitrogens with zero attached hydrogens (tertiary/aromatic N) is 6. The van der Waals surface area contributed by atoms with Crippen molar-refractivity contribution in [3.8, 4) is 33.4 Å². The molecule has 0 unspecified atom stereocenters. The van der Waals surface area contributed by atoms with E-state index in [0.717, 1.165) is 73.9 Å². The molecule has 0 aromatic heterocycles. The van der Waals surface area contributed by atoms with Crippen molar-refractivity contribution in [2.75, 3.05) is 50.5 Å². The second-order valence-corrected chi connectivity index (χ2v) is 34.6. The molecule has 0 spiro atoms. The van der Waals surface area contributed by atoms with Crippen molar-refractivity contribution in [3.63, 3.8) is 0 Å². The fraction of sp³-hybridized carbons (Fsp3) is 0.0233. The van der Waals surface area contributed by atoms with Crippen molar-refractivity contribution in [1.82, 2.24) is 0 Å². The van der Waals surface area contributed by atoms with Gasteiger partial charge in [-0.2, -0.15) is 0 Å². The molecule has 0 aliphatic rings. The van der Waals surface area contributed by atoms with Crippen LogP contribution < -0.4 is 29.4 Å². The zero-order valence-electron chi connectivity index (χ0n) is 75.4. The summed E-state index contributed by atoms with van der Waals surface area (Å²) in [5, 5.41) is 22.4. The molecular formula is C129H96N6. The van der Waals surface area contributed by atoms with Crippen LogP contribution in [-0.4, -0.2) is 21.1 Å². The molecule has 0 bridgehead atoms. The molecule has 6 heteroatoms. The molecule has 642 valence electrons. The van der Waals surface area contributed by atoms with Gasteiger partial charge in [0.25, 0.3) is 0 Å². The molecule has 0 aliphatic heterocycles. The Morgan fingerprint density at radius 3 is 0.763 bits per heavy atom. The Hall–Kier alpha value is -17.6. The third-order valence-corrected chi connectivity index (χ3v) is 26.4. The van der Waals surface area contributed by atoms with Crippen molar-refractivity contribution in [2.45, 2.75) is 0 Å². The standard InChI is InChI=1S/3C43H32N2/c1-44(43-41-20-9-7-16-35(41)28-36-17-8-10-21-42(36)43)37-24-26-38(27-25-37)45(40-23-22-32-14-5-6-15-33(32)30-40)39-19-11-18-34(29-39)31-12-3-2-4-13-31;1-44(43-30-35-16-7-8-19-40(35)41-20-9-10-21-42(41)43)36-24-26-37(27-25-36)45(39-23-22-32-14-5-6-15-33(32)29-39)38-18-11-17-34(28-38)31-12-3-2-4-13-31;1-44(41-20-19-37-26-33-13-7-8-14-34(33)27-38(37)30-41)39-22-24-40(25-23-39)45(43-21-18-32-12-5-6-15-35(32)29-43)42-17-9-16-36(28-42)31-10-3-2-4-11-31/h3*2-30H,1H3. The van der Waals surface area contributed by atoms with E-state index < -0.39 is 0 Å². The number of hydrogen-bond acceptors (Lipinski definition) is 6. The predicted molar refractivity (Wildman–Crippen MR) is 581 cm³/mol. The summed E-state index contributed by atoms with van der Waals surface area (Å²) in [7, 11) is 6.48. The predicted octanol–water partition coefficient (Wildman–Crippen LogP) is 36.2. The first-order valence-corrected chi connectivity index (χ1v) is 46.2. The van der Waals surface area contributed by atoms with E-state index in [-0.39, 0.29) is 0 Å². The van der Waals surface area contributed by atoms with E-state index in [2.05, 4.69) is 578 Å². The third kappa shape index (κ3) is 17.1. The minimum absolute atomic E-state index is 1.11. The number of fused-ring (bicyclic) bond motifs is 10. The van der Waals surface area contributed by atoms with E-state index in [9.17, 15) is 0 Å². The zero-order valence-corrected chi connectivity index (χ0v) is 75.4. The molecule has 6 nitrogen and oxygen atoms in total. The molecule has 0 atom stereocenters. The maximum atomic E-state index is 2.36. The first kappa shape index (κ1) is 83.1. The van der Waals surface area contributed by atoms with E-state index in [1.807, 2.05) is 0 Å². The average Bonchev–Trinajstić information content (AvgIpc) is 0.765. The lowest BCUT2D eigenvalue weighted by Crippen LogP contribution is -2.12. The van der Waals surface area contributed by atoms with Crippen LogP contribution in [0.5, 0.6) is 0 Å². The lowest BCUT2D eigenvalue weighted by atomic mass is 9.99. The highest BCUT2D eigenvalue weighted by Gasteiger charge is 2.23. The average molecular weight is 1730 g/mol. The monoisotopic (exact) mass is 1730 g/mol. The maximum absolute atomic E-state index is 2.36. The highest BCUT2D eigenvalue weighted by Crippen LogP contribution is 2.47. The summed E-state index contributed by atoms with van der Waals surface area (Å²) in [6, 6.07) is 190. The maximum Gasteiger partial charge on any atom is 0.0567 e. The quantitative estimate of drug-likeness (QED) is 0.0625. The molecule has 24 aromatic rings. The number of hydrogen-bond donors (Lipinski definition) is 0. The van der Waals surface area contributed by atoms with Gasteiger partial charge in [0.05, 0.1) is 5.69 Å². The Morgan fingerprint density at radius 1 is 0.119 bits per heavy atom. The van der Waals surface area contributed by atoms with Crippen LogP contribution in [0.15, 0.2) is 528 Å². The fourth-order valence-electron chi connectivity index (χ4n) is 19.3. The van der Waals surface area contributed by atoms with Crippen molar-refractivity contribution >= 4 is 182 Å². The van der Waals surface area contributed by atoms with Gasteiger partial charge in [-0.25, -0.2) is 0 Å². The Morgan fingerprint density at radius 2 is 0.363 bits per heavy atom. The van der Waals surface area contributed by atoms with Crippen LogP contribution in [0.25, 0.3) is 130 Å². The third-order valence-electron chi connectivity index (χ3n) is 26.4. The van der Waals surface area contributed by atoms with Gasteiger partial charge in [-0.3, -0.25) is 0 Å². The summed E-state index contributed by atoms with van der Waals surface area (Å²) in [4.78, 5) is 13.9. The molecule has 0 fully saturated rings. The minimum atomic E-state index is 1.11. The summed E-state index contributed by atoms with van der Waals surface area (Å²) in [6.45, 7) is 0. The summed E-state index contributed by atoms with van der Waals surface area (Å²) >= 11 is 0. The Bertz CT molecular complexity index is 8360. The summed E-state index contributed by atoms with van der Waals surface area (Å²) in [5.41, 5.74) is 24.2. The van der Waals surface area contributed by atoms with E-state index in [1.54, 1.807) is 0 Å². The second kappa shape index (κ2) is 37.1. The molecule has 24 rings (SSSR count). The fourth-order valence-corrected chi connectivity index (χ4v) is 19.3. The summed E-state index contributed by atoms with van der Waals surface area (Å²) in [6.07, 6.45) is 0. The van der Waals surface area contributed by atoms with Crippen molar-refractivity contribution in [1.29, 1.82) is 0 Å². The normalized spacial score (nSPS) is 11.2. The summed E-state index contributed by atoms with van der Waals surface area (Å²) in [5.74, 6) is 0. The van der Waals surface area contributed by atoms with Gasteiger partial charge < -0.3 is 29.4 Å². The number of rotatable bonds is 18. The lowest BCUT2D eigenvalue weighted by molar-refractivity contribution is 1.21. The van der Waals surface area contributed by atoms with Crippen LogP contribution in [0.3, 0.4) is 0 Å². The largest absolute Gasteiger partial charge is 0.345 e. The van der Waals surface area contributed by atoms with Crippen LogP contribution in [0.2, 0.25) is 0 Å². The van der Waals surface area contributed by atoms with Crippen molar-refractivity contribution < 1.29 is 0 Å².